The minimum absolute atomic E-state index is 0.161. The van der Waals surface area contributed by atoms with Crippen molar-refractivity contribution in [3.63, 3.8) is 0 Å². The third-order valence-corrected chi connectivity index (χ3v) is 6.15. The first kappa shape index (κ1) is 24.6. The second-order valence-corrected chi connectivity index (χ2v) is 10.6. The molecule has 7 nitrogen and oxygen atoms in total. The minimum atomic E-state index is -3.32. The molecule has 0 saturated carbocycles. The van der Waals surface area contributed by atoms with Gasteiger partial charge in [0, 0.05) is 24.3 Å². The Kier molecular flexibility index (Phi) is 7.02. The van der Waals surface area contributed by atoms with Crippen molar-refractivity contribution in [2.24, 2.45) is 0 Å². The van der Waals surface area contributed by atoms with Crippen LogP contribution in [0.4, 0.5) is 15.8 Å². The van der Waals surface area contributed by atoms with Gasteiger partial charge in [-0.15, -0.1) is 0 Å². The average Bonchev–Trinajstić information content (AvgIpc) is 3.11. The Morgan fingerprint density at radius 3 is 2.26 bits per heavy atom. The summed E-state index contributed by atoms with van der Waals surface area (Å²) in [5.41, 5.74) is 5.43. The van der Waals surface area contributed by atoms with Crippen molar-refractivity contribution in [3.05, 3.63) is 94.8 Å². The molecular formula is C26H27FN4O3S. The maximum Gasteiger partial charge on any atom is 0.258 e. The van der Waals surface area contributed by atoms with Gasteiger partial charge in [0.1, 0.15) is 5.82 Å². The second-order valence-electron chi connectivity index (χ2n) is 8.74. The summed E-state index contributed by atoms with van der Waals surface area (Å²) in [7, 11) is 0.689. The number of carbonyl (C=O) groups excluding carboxylic acids is 1. The van der Waals surface area contributed by atoms with E-state index in [1.165, 1.54) is 12.1 Å². The number of amides is 1. The number of halogens is 1. The van der Waals surface area contributed by atoms with Crippen LogP contribution < -0.4 is 15.4 Å². The van der Waals surface area contributed by atoms with Crippen LogP contribution in [0.15, 0.2) is 66.7 Å². The molecule has 3 aromatic rings. The van der Waals surface area contributed by atoms with E-state index in [4.69, 9.17) is 0 Å². The van der Waals surface area contributed by atoms with Crippen LogP contribution in [0, 0.1) is 5.82 Å². The zero-order chi connectivity index (χ0) is 25.2. The summed E-state index contributed by atoms with van der Waals surface area (Å²) in [5.74, 6) is -0.765. The normalized spacial score (nSPS) is 14.6. The summed E-state index contributed by atoms with van der Waals surface area (Å²) in [4.78, 5) is 15.1. The van der Waals surface area contributed by atoms with Gasteiger partial charge in [-0.25, -0.2) is 17.5 Å². The van der Waals surface area contributed by atoms with Crippen LogP contribution in [0.25, 0.3) is 11.3 Å². The van der Waals surface area contributed by atoms with Gasteiger partial charge in [-0.05, 0) is 61.1 Å². The fourth-order valence-electron chi connectivity index (χ4n) is 3.88. The van der Waals surface area contributed by atoms with E-state index in [-0.39, 0.29) is 12.5 Å². The number of sulfonamides is 1. The van der Waals surface area contributed by atoms with Crippen molar-refractivity contribution in [1.82, 2.24) is 9.62 Å². The Morgan fingerprint density at radius 1 is 0.971 bits per heavy atom. The number of hydrogen-bond acceptors (Lipinski definition) is 5. The summed E-state index contributed by atoms with van der Waals surface area (Å²) in [5, 5.41) is 6.12. The number of rotatable bonds is 8. The largest absolute Gasteiger partial charge is 0.354 e. The van der Waals surface area contributed by atoms with E-state index in [0.29, 0.717) is 22.5 Å². The predicted molar refractivity (Wildman–Crippen MR) is 137 cm³/mol. The Morgan fingerprint density at radius 2 is 1.63 bits per heavy atom. The van der Waals surface area contributed by atoms with Gasteiger partial charge in [0.2, 0.25) is 10.0 Å². The molecule has 0 aromatic heterocycles. The smallest absolute Gasteiger partial charge is 0.258 e. The molecule has 1 amide bonds. The number of nitrogens with zero attached hydrogens (tertiary/aromatic N) is 1. The van der Waals surface area contributed by atoms with Gasteiger partial charge in [0.25, 0.3) is 5.91 Å². The van der Waals surface area contributed by atoms with Gasteiger partial charge >= 0.3 is 0 Å². The lowest BCUT2D eigenvalue weighted by molar-refractivity contribution is -0.110. The standard InChI is InChI=1S/C26H27FN4O3S/c1-31(2)16-18-6-11-21(12-7-18)29-25(19-8-4-17(5-9-19)15-28-35(3,33)34)24-22-13-10-20(27)14-23(22)30-26(24)32/h4-14,28-29H,15-16H2,1-3H3,(H,30,32). The molecule has 0 radical (unpaired) electrons. The van der Waals surface area contributed by atoms with E-state index in [2.05, 4.69) is 20.3 Å². The second kappa shape index (κ2) is 9.99. The van der Waals surface area contributed by atoms with E-state index in [1.54, 1.807) is 18.2 Å². The molecule has 1 aliphatic rings. The van der Waals surface area contributed by atoms with Gasteiger partial charge in [0.15, 0.2) is 0 Å². The SMILES string of the molecule is CN(C)Cc1ccc(NC(=C2C(=O)Nc3cc(F)ccc32)c2ccc(CNS(C)(=O)=O)cc2)cc1. The minimum Gasteiger partial charge on any atom is -0.354 e. The Labute approximate surface area is 204 Å². The summed E-state index contributed by atoms with van der Waals surface area (Å²) >= 11 is 0. The quantitative estimate of drug-likeness (QED) is 0.414. The Hall–Kier alpha value is -3.53. The number of hydrogen-bond donors (Lipinski definition) is 3. The molecule has 0 unspecified atom stereocenters. The van der Waals surface area contributed by atoms with E-state index >= 15 is 0 Å². The molecule has 0 saturated heterocycles. The summed E-state index contributed by atoms with van der Waals surface area (Å²) in [6, 6.07) is 19.4. The van der Waals surface area contributed by atoms with Gasteiger partial charge in [0.05, 0.1) is 23.2 Å². The maximum absolute atomic E-state index is 13.8. The van der Waals surface area contributed by atoms with Crippen LogP contribution in [0.1, 0.15) is 22.3 Å². The van der Waals surface area contributed by atoms with Crippen molar-refractivity contribution < 1.29 is 17.6 Å². The number of fused-ring (bicyclic) bond motifs is 1. The summed E-state index contributed by atoms with van der Waals surface area (Å²) in [6.07, 6.45) is 1.11. The molecule has 1 heterocycles. The molecule has 35 heavy (non-hydrogen) atoms. The highest BCUT2D eigenvalue weighted by atomic mass is 32.2. The van der Waals surface area contributed by atoms with Crippen molar-refractivity contribution in [2.75, 3.05) is 31.0 Å². The van der Waals surface area contributed by atoms with Crippen molar-refractivity contribution in [3.8, 4) is 0 Å². The zero-order valence-corrected chi connectivity index (χ0v) is 20.5. The number of nitrogens with one attached hydrogen (secondary N) is 3. The third kappa shape index (κ3) is 6.13. The van der Waals surface area contributed by atoms with Gasteiger partial charge < -0.3 is 15.5 Å². The van der Waals surface area contributed by atoms with Gasteiger partial charge in [-0.3, -0.25) is 4.79 Å². The molecule has 0 fully saturated rings. The molecular weight excluding hydrogens is 467 g/mol. The topological polar surface area (TPSA) is 90.5 Å². The third-order valence-electron chi connectivity index (χ3n) is 5.48. The highest BCUT2D eigenvalue weighted by Crippen LogP contribution is 2.38. The predicted octanol–water partition coefficient (Wildman–Crippen LogP) is 3.87. The molecule has 0 bridgehead atoms. The first-order valence-electron chi connectivity index (χ1n) is 11.0. The van der Waals surface area contributed by atoms with Crippen LogP contribution in [0.2, 0.25) is 0 Å². The molecule has 4 rings (SSSR count). The molecule has 3 N–H and O–H groups in total. The molecule has 0 atom stereocenters. The highest BCUT2D eigenvalue weighted by Gasteiger charge is 2.28. The fraction of sp³-hybridized carbons (Fsp3) is 0.192. The van der Waals surface area contributed by atoms with Crippen LogP contribution in [0.3, 0.4) is 0 Å². The summed E-state index contributed by atoms with van der Waals surface area (Å²) in [6.45, 7) is 0.965. The van der Waals surface area contributed by atoms with Crippen LogP contribution in [-0.2, 0) is 27.9 Å². The Bertz CT molecular complexity index is 1380. The number of carbonyl (C=O) groups is 1. The Balaban J connectivity index is 1.74. The molecule has 182 valence electrons. The van der Waals surface area contributed by atoms with E-state index < -0.39 is 15.8 Å². The molecule has 1 aliphatic heterocycles. The lowest BCUT2D eigenvalue weighted by Crippen LogP contribution is -2.21. The maximum atomic E-state index is 13.8. The highest BCUT2D eigenvalue weighted by molar-refractivity contribution is 7.88. The van der Waals surface area contributed by atoms with E-state index in [1.807, 2.05) is 50.5 Å². The van der Waals surface area contributed by atoms with Crippen molar-refractivity contribution >= 4 is 38.6 Å². The first-order valence-corrected chi connectivity index (χ1v) is 12.9. The first-order chi connectivity index (χ1) is 16.6. The average molecular weight is 495 g/mol. The molecule has 3 aromatic carbocycles. The van der Waals surface area contributed by atoms with Crippen LogP contribution in [0.5, 0.6) is 0 Å². The lowest BCUT2D eigenvalue weighted by Gasteiger charge is -2.16. The zero-order valence-electron chi connectivity index (χ0n) is 19.7. The van der Waals surface area contributed by atoms with Gasteiger partial charge in [-0.1, -0.05) is 36.4 Å². The number of benzene rings is 3. The fourth-order valence-corrected chi connectivity index (χ4v) is 4.31. The van der Waals surface area contributed by atoms with E-state index in [0.717, 1.165) is 35.2 Å². The summed E-state index contributed by atoms with van der Waals surface area (Å²) < 4.78 is 39.1. The van der Waals surface area contributed by atoms with Crippen LogP contribution >= 0.6 is 0 Å². The van der Waals surface area contributed by atoms with E-state index in [9.17, 15) is 17.6 Å². The number of anilines is 2. The molecule has 9 heteroatoms. The van der Waals surface area contributed by atoms with Gasteiger partial charge in [-0.2, -0.15) is 0 Å². The van der Waals surface area contributed by atoms with Crippen molar-refractivity contribution in [2.45, 2.75) is 13.1 Å². The lowest BCUT2D eigenvalue weighted by atomic mass is 9.99. The monoisotopic (exact) mass is 494 g/mol. The molecule has 0 spiro atoms. The van der Waals surface area contributed by atoms with Crippen molar-refractivity contribution in [1.29, 1.82) is 0 Å². The molecule has 0 aliphatic carbocycles. The van der Waals surface area contributed by atoms with Crippen LogP contribution in [-0.4, -0.2) is 39.6 Å².